The molecule has 0 atom stereocenters. The van der Waals surface area contributed by atoms with Crippen molar-refractivity contribution in [3.8, 4) is 0 Å². The molecule has 0 saturated heterocycles. The highest BCUT2D eigenvalue weighted by molar-refractivity contribution is 7.98. The van der Waals surface area contributed by atoms with Crippen LogP contribution in [0, 0.1) is 0 Å². The Kier molecular flexibility index (Phi) is 5.63. The van der Waals surface area contributed by atoms with Gasteiger partial charge in [-0.15, -0.1) is 0 Å². The number of unbranched alkanes of at least 4 members (excludes halogenated alkanes) is 1. The molecule has 1 rings (SSSR count). The van der Waals surface area contributed by atoms with Crippen molar-refractivity contribution in [2.45, 2.75) is 31.9 Å². The molecule has 1 heterocycles. The molecule has 0 aromatic carbocycles. The summed E-state index contributed by atoms with van der Waals surface area (Å²) in [6, 6.07) is 0. The van der Waals surface area contributed by atoms with Crippen molar-refractivity contribution >= 4 is 11.8 Å². The van der Waals surface area contributed by atoms with Gasteiger partial charge in [0.2, 0.25) is 5.89 Å². The van der Waals surface area contributed by atoms with Crippen LogP contribution in [0.5, 0.6) is 0 Å². The number of hydrogen-bond donors (Lipinski definition) is 1. The third-order valence-corrected chi connectivity index (χ3v) is 2.73. The molecule has 0 saturated carbocycles. The van der Waals surface area contributed by atoms with E-state index >= 15 is 0 Å². The molecule has 4 nitrogen and oxygen atoms in total. The highest BCUT2D eigenvalue weighted by Crippen LogP contribution is 2.10. The van der Waals surface area contributed by atoms with Gasteiger partial charge in [-0.05, 0) is 6.42 Å². The van der Waals surface area contributed by atoms with Gasteiger partial charge in [0.05, 0.1) is 5.75 Å². The maximum Gasteiger partial charge on any atom is 0.236 e. The van der Waals surface area contributed by atoms with Gasteiger partial charge in [0.1, 0.15) is 0 Å². The monoisotopic (exact) mass is 215 g/mol. The number of thioether (sulfide) groups is 1. The Morgan fingerprint density at radius 1 is 1.50 bits per heavy atom. The number of nitrogens with zero attached hydrogens (tertiary/aromatic N) is 2. The van der Waals surface area contributed by atoms with E-state index in [4.69, 9.17) is 10.3 Å². The van der Waals surface area contributed by atoms with Crippen molar-refractivity contribution in [2.24, 2.45) is 5.73 Å². The summed E-state index contributed by atoms with van der Waals surface area (Å²) in [5.41, 5.74) is 5.38. The molecule has 0 unspecified atom stereocenters. The van der Waals surface area contributed by atoms with Crippen molar-refractivity contribution in [3.63, 3.8) is 0 Å². The van der Waals surface area contributed by atoms with Crippen LogP contribution in [-0.2, 0) is 12.2 Å². The van der Waals surface area contributed by atoms with Gasteiger partial charge in [0.25, 0.3) is 0 Å². The molecule has 0 aliphatic rings. The number of rotatable bonds is 7. The van der Waals surface area contributed by atoms with Crippen LogP contribution < -0.4 is 5.73 Å². The number of aryl methyl sites for hydroxylation is 1. The minimum absolute atomic E-state index is 0.696. The molecule has 0 radical (unpaired) electrons. The first-order valence-electron chi connectivity index (χ1n) is 4.96. The summed E-state index contributed by atoms with van der Waals surface area (Å²) < 4.78 is 5.09. The normalized spacial score (nSPS) is 10.7. The van der Waals surface area contributed by atoms with E-state index in [2.05, 4.69) is 17.1 Å². The second kappa shape index (κ2) is 6.84. The van der Waals surface area contributed by atoms with Crippen LogP contribution in [0.4, 0.5) is 0 Å². The SMILES string of the molecule is CCCCc1noc(CSCCN)n1. The van der Waals surface area contributed by atoms with E-state index in [0.29, 0.717) is 6.54 Å². The maximum atomic E-state index is 5.38. The van der Waals surface area contributed by atoms with Crippen molar-refractivity contribution in [1.82, 2.24) is 10.1 Å². The Labute approximate surface area is 88.6 Å². The molecule has 1 aromatic heterocycles. The molecule has 0 aliphatic heterocycles. The first-order valence-corrected chi connectivity index (χ1v) is 6.11. The topological polar surface area (TPSA) is 64.9 Å². The molecular formula is C9H17N3OS. The van der Waals surface area contributed by atoms with Crippen LogP contribution in [0.3, 0.4) is 0 Å². The van der Waals surface area contributed by atoms with Crippen LogP contribution in [0.1, 0.15) is 31.5 Å². The highest BCUT2D eigenvalue weighted by Gasteiger charge is 2.04. The van der Waals surface area contributed by atoms with Crippen molar-refractivity contribution in [3.05, 3.63) is 11.7 Å². The molecule has 0 aliphatic carbocycles. The van der Waals surface area contributed by atoms with Crippen LogP contribution in [0.2, 0.25) is 0 Å². The van der Waals surface area contributed by atoms with Gasteiger partial charge in [-0.1, -0.05) is 18.5 Å². The fourth-order valence-electron chi connectivity index (χ4n) is 1.03. The minimum Gasteiger partial charge on any atom is -0.338 e. The van der Waals surface area contributed by atoms with E-state index in [1.807, 2.05) is 0 Å². The molecule has 2 N–H and O–H groups in total. The number of hydrogen-bond acceptors (Lipinski definition) is 5. The maximum absolute atomic E-state index is 5.38. The van der Waals surface area contributed by atoms with Crippen molar-refractivity contribution < 1.29 is 4.52 Å². The van der Waals surface area contributed by atoms with Crippen molar-refractivity contribution in [1.29, 1.82) is 0 Å². The standard InChI is InChI=1S/C9H17N3OS/c1-2-3-4-8-11-9(13-12-8)7-14-6-5-10/h2-7,10H2,1H3. The second-order valence-electron chi connectivity index (χ2n) is 3.05. The number of nitrogens with two attached hydrogens (primary N) is 1. The Bertz CT molecular complexity index is 252. The molecule has 0 bridgehead atoms. The molecule has 0 amide bonds. The summed E-state index contributed by atoms with van der Waals surface area (Å²) >= 11 is 1.72. The van der Waals surface area contributed by atoms with E-state index in [1.165, 1.54) is 0 Å². The molecular weight excluding hydrogens is 198 g/mol. The third-order valence-electron chi connectivity index (χ3n) is 1.75. The minimum atomic E-state index is 0.696. The quantitative estimate of drug-likeness (QED) is 0.700. The molecule has 14 heavy (non-hydrogen) atoms. The van der Waals surface area contributed by atoms with Crippen LogP contribution >= 0.6 is 11.8 Å². The van der Waals surface area contributed by atoms with E-state index in [9.17, 15) is 0 Å². The third kappa shape index (κ3) is 4.11. The largest absolute Gasteiger partial charge is 0.338 e. The Morgan fingerprint density at radius 2 is 2.36 bits per heavy atom. The zero-order chi connectivity index (χ0) is 10.2. The first-order chi connectivity index (χ1) is 6.86. The van der Waals surface area contributed by atoms with Crippen LogP contribution in [0.25, 0.3) is 0 Å². The number of aromatic nitrogens is 2. The smallest absolute Gasteiger partial charge is 0.236 e. The van der Waals surface area contributed by atoms with Gasteiger partial charge in [-0.25, -0.2) is 0 Å². The lowest BCUT2D eigenvalue weighted by Gasteiger charge is -1.92. The van der Waals surface area contributed by atoms with Crippen LogP contribution in [-0.4, -0.2) is 22.4 Å². The van der Waals surface area contributed by atoms with Gasteiger partial charge in [0, 0.05) is 18.7 Å². The van der Waals surface area contributed by atoms with E-state index in [1.54, 1.807) is 11.8 Å². The van der Waals surface area contributed by atoms with Crippen molar-refractivity contribution in [2.75, 3.05) is 12.3 Å². The Hall–Kier alpha value is -0.550. The van der Waals surface area contributed by atoms with Gasteiger partial charge in [-0.3, -0.25) is 0 Å². The molecule has 80 valence electrons. The van der Waals surface area contributed by atoms with E-state index in [0.717, 1.165) is 42.5 Å². The van der Waals surface area contributed by atoms with Crippen LogP contribution in [0.15, 0.2) is 4.52 Å². The summed E-state index contributed by atoms with van der Waals surface area (Å²) in [6.45, 7) is 2.85. The van der Waals surface area contributed by atoms with E-state index < -0.39 is 0 Å². The summed E-state index contributed by atoms with van der Waals surface area (Å²) in [5.74, 6) is 3.26. The molecule has 1 aromatic rings. The van der Waals surface area contributed by atoms with Gasteiger partial charge >= 0.3 is 0 Å². The highest BCUT2D eigenvalue weighted by atomic mass is 32.2. The molecule has 5 heteroatoms. The van der Waals surface area contributed by atoms with Gasteiger partial charge in [0.15, 0.2) is 5.82 Å². The zero-order valence-electron chi connectivity index (χ0n) is 8.53. The Morgan fingerprint density at radius 3 is 3.07 bits per heavy atom. The summed E-state index contributed by atoms with van der Waals surface area (Å²) in [6.07, 6.45) is 3.20. The predicted molar refractivity (Wildman–Crippen MR) is 58.1 cm³/mol. The lowest BCUT2D eigenvalue weighted by molar-refractivity contribution is 0.384. The van der Waals surface area contributed by atoms with Gasteiger partial charge < -0.3 is 10.3 Å². The fraction of sp³-hybridized carbons (Fsp3) is 0.778. The first kappa shape index (κ1) is 11.5. The summed E-state index contributed by atoms with van der Waals surface area (Å²) in [4.78, 5) is 4.28. The summed E-state index contributed by atoms with van der Waals surface area (Å²) in [7, 11) is 0. The lowest BCUT2D eigenvalue weighted by Crippen LogP contribution is -2.01. The fourth-order valence-corrected chi connectivity index (χ4v) is 1.63. The zero-order valence-corrected chi connectivity index (χ0v) is 9.35. The average molecular weight is 215 g/mol. The lowest BCUT2D eigenvalue weighted by atomic mass is 10.2. The van der Waals surface area contributed by atoms with E-state index in [-0.39, 0.29) is 0 Å². The molecule has 0 spiro atoms. The predicted octanol–water partition coefficient (Wildman–Crippen LogP) is 1.60. The Balaban J connectivity index is 2.27. The summed E-state index contributed by atoms with van der Waals surface area (Å²) in [5, 5.41) is 3.90. The second-order valence-corrected chi connectivity index (χ2v) is 4.15. The van der Waals surface area contributed by atoms with Gasteiger partial charge in [-0.2, -0.15) is 16.7 Å². The molecule has 0 fully saturated rings. The average Bonchev–Trinajstić information content (AvgIpc) is 2.63.